The third-order valence-electron chi connectivity index (χ3n) is 2.14. The lowest BCUT2D eigenvalue weighted by Crippen LogP contribution is -2.36. The highest BCUT2D eigenvalue weighted by molar-refractivity contribution is 4.91. The Labute approximate surface area is 68.0 Å². The standard InChI is InChI=1S/C8H15N3/c1-10-8(6-9)7-11-4-2-3-5-11/h8,10H,2-5,7H2,1H3. The summed E-state index contributed by atoms with van der Waals surface area (Å²) in [7, 11) is 1.84. The van der Waals surface area contributed by atoms with Gasteiger partial charge in [0.1, 0.15) is 6.04 Å². The Kier molecular flexibility index (Phi) is 3.34. The van der Waals surface area contributed by atoms with Crippen LogP contribution < -0.4 is 5.32 Å². The molecule has 0 radical (unpaired) electrons. The van der Waals surface area contributed by atoms with Crippen molar-refractivity contribution in [3.05, 3.63) is 0 Å². The quantitative estimate of drug-likeness (QED) is 0.629. The second-order valence-corrected chi connectivity index (χ2v) is 2.98. The number of likely N-dealkylation sites (N-methyl/N-ethyl adjacent to an activating group) is 1. The van der Waals surface area contributed by atoms with Crippen molar-refractivity contribution in [2.75, 3.05) is 26.7 Å². The van der Waals surface area contributed by atoms with Gasteiger partial charge >= 0.3 is 0 Å². The molecule has 1 aliphatic heterocycles. The monoisotopic (exact) mass is 153 g/mol. The zero-order valence-electron chi connectivity index (χ0n) is 7.01. The van der Waals surface area contributed by atoms with Crippen LogP contribution in [0, 0.1) is 11.3 Å². The fourth-order valence-electron chi connectivity index (χ4n) is 1.42. The summed E-state index contributed by atoms with van der Waals surface area (Å²) in [6, 6.07) is 2.23. The Morgan fingerprint density at radius 3 is 2.64 bits per heavy atom. The molecule has 0 amide bonds. The van der Waals surface area contributed by atoms with Crippen LogP contribution in [0.3, 0.4) is 0 Å². The minimum atomic E-state index is 0.00750. The van der Waals surface area contributed by atoms with Crippen LogP contribution in [0.2, 0.25) is 0 Å². The third-order valence-corrected chi connectivity index (χ3v) is 2.14. The Bertz CT molecular complexity index is 144. The molecule has 0 aromatic rings. The van der Waals surface area contributed by atoms with Gasteiger partial charge in [0.15, 0.2) is 0 Å². The second kappa shape index (κ2) is 4.32. The van der Waals surface area contributed by atoms with E-state index in [0.29, 0.717) is 0 Å². The minimum Gasteiger partial charge on any atom is -0.304 e. The fraction of sp³-hybridized carbons (Fsp3) is 0.875. The predicted molar refractivity (Wildman–Crippen MR) is 44.1 cm³/mol. The van der Waals surface area contributed by atoms with Gasteiger partial charge in [-0.05, 0) is 33.0 Å². The van der Waals surface area contributed by atoms with Gasteiger partial charge < -0.3 is 10.2 Å². The van der Waals surface area contributed by atoms with Crippen molar-refractivity contribution >= 4 is 0 Å². The smallest absolute Gasteiger partial charge is 0.108 e. The van der Waals surface area contributed by atoms with Crippen molar-refractivity contribution in [2.45, 2.75) is 18.9 Å². The zero-order valence-corrected chi connectivity index (χ0v) is 7.01. The Morgan fingerprint density at radius 1 is 1.55 bits per heavy atom. The summed E-state index contributed by atoms with van der Waals surface area (Å²) in [6.07, 6.45) is 2.59. The Balaban J connectivity index is 2.23. The van der Waals surface area contributed by atoms with Crippen molar-refractivity contribution in [3.8, 4) is 6.07 Å². The largest absolute Gasteiger partial charge is 0.304 e. The lowest BCUT2D eigenvalue weighted by Gasteiger charge is -2.17. The summed E-state index contributed by atoms with van der Waals surface area (Å²) in [4.78, 5) is 2.34. The molecule has 1 unspecified atom stereocenters. The first-order chi connectivity index (χ1) is 5.36. The van der Waals surface area contributed by atoms with Crippen LogP contribution in [0.15, 0.2) is 0 Å². The van der Waals surface area contributed by atoms with Crippen LogP contribution in [-0.4, -0.2) is 37.6 Å². The molecule has 1 heterocycles. The molecule has 11 heavy (non-hydrogen) atoms. The van der Waals surface area contributed by atoms with E-state index in [2.05, 4.69) is 16.3 Å². The minimum absolute atomic E-state index is 0.00750. The van der Waals surface area contributed by atoms with Crippen molar-refractivity contribution in [1.82, 2.24) is 10.2 Å². The van der Waals surface area contributed by atoms with Gasteiger partial charge in [0, 0.05) is 6.54 Å². The molecule has 1 fully saturated rings. The maximum Gasteiger partial charge on any atom is 0.108 e. The van der Waals surface area contributed by atoms with E-state index in [0.717, 1.165) is 6.54 Å². The van der Waals surface area contributed by atoms with E-state index >= 15 is 0 Å². The predicted octanol–water partition coefficient (Wildman–Crippen LogP) is 0.194. The van der Waals surface area contributed by atoms with E-state index in [-0.39, 0.29) is 6.04 Å². The van der Waals surface area contributed by atoms with Crippen LogP contribution >= 0.6 is 0 Å². The molecule has 0 bridgehead atoms. The topological polar surface area (TPSA) is 39.1 Å². The van der Waals surface area contributed by atoms with Gasteiger partial charge in [0.2, 0.25) is 0 Å². The third kappa shape index (κ3) is 2.49. The number of nitrogens with one attached hydrogen (secondary N) is 1. The summed E-state index contributed by atoms with van der Waals surface area (Å²) >= 11 is 0. The first-order valence-corrected chi connectivity index (χ1v) is 4.16. The van der Waals surface area contributed by atoms with Gasteiger partial charge in [-0.3, -0.25) is 0 Å². The zero-order chi connectivity index (χ0) is 8.10. The number of hydrogen-bond acceptors (Lipinski definition) is 3. The lowest BCUT2D eigenvalue weighted by molar-refractivity contribution is 0.319. The highest BCUT2D eigenvalue weighted by atomic mass is 15.2. The molecule has 0 spiro atoms. The molecule has 0 aliphatic carbocycles. The molecule has 0 saturated carbocycles. The summed E-state index contributed by atoms with van der Waals surface area (Å²) in [5, 5.41) is 11.6. The Hall–Kier alpha value is -0.590. The molecule has 62 valence electrons. The highest BCUT2D eigenvalue weighted by Gasteiger charge is 2.15. The summed E-state index contributed by atoms with van der Waals surface area (Å²) in [5.41, 5.74) is 0. The van der Waals surface area contributed by atoms with Crippen LogP contribution in [0.25, 0.3) is 0 Å². The molecule has 0 aromatic carbocycles. The van der Waals surface area contributed by atoms with Gasteiger partial charge in [-0.1, -0.05) is 0 Å². The molecule has 1 atom stereocenters. The summed E-state index contributed by atoms with van der Waals surface area (Å²) in [5.74, 6) is 0. The molecule has 3 heteroatoms. The van der Waals surface area contributed by atoms with Gasteiger partial charge in [-0.15, -0.1) is 0 Å². The van der Waals surface area contributed by atoms with Gasteiger partial charge in [-0.25, -0.2) is 0 Å². The maximum atomic E-state index is 8.65. The van der Waals surface area contributed by atoms with E-state index in [1.54, 1.807) is 0 Å². The molecular formula is C8H15N3. The number of nitriles is 1. The molecular weight excluding hydrogens is 138 g/mol. The van der Waals surface area contributed by atoms with Crippen molar-refractivity contribution in [1.29, 1.82) is 5.26 Å². The van der Waals surface area contributed by atoms with Gasteiger partial charge in [-0.2, -0.15) is 5.26 Å². The van der Waals surface area contributed by atoms with Crippen LogP contribution in [-0.2, 0) is 0 Å². The van der Waals surface area contributed by atoms with Crippen molar-refractivity contribution in [3.63, 3.8) is 0 Å². The van der Waals surface area contributed by atoms with Crippen molar-refractivity contribution in [2.24, 2.45) is 0 Å². The molecule has 1 aliphatic rings. The normalized spacial score (nSPS) is 21.5. The highest BCUT2D eigenvalue weighted by Crippen LogP contribution is 2.06. The van der Waals surface area contributed by atoms with Crippen LogP contribution in [0.1, 0.15) is 12.8 Å². The molecule has 1 N–H and O–H groups in total. The number of hydrogen-bond donors (Lipinski definition) is 1. The van der Waals surface area contributed by atoms with Crippen LogP contribution in [0.4, 0.5) is 0 Å². The number of nitrogens with zero attached hydrogens (tertiary/aromatic N) is 2. The Morgan fingerprint density at radius 2 is 2.18 bits per heavy atom. The van der Waals surface area contributed by atoms with E-state index in [4.69, 9.17) is 5.26 Å². The molecule has 1 rings (SSSR count). The first-order valence-electron chi connectivity index (χ1n) is 4.16. The second-order valence-electron chi connectivity index (χ2n) is 2.98. The van der Waals surface area contributed by atoms with Gasteiger partial charge in [0.25, 0.3) is 0 Å². The SMILES string of the molecule is CNC(C#N)CN1CCCC1. The average molecular weight is 153 g/mol. The molecule has 1 saturated heterocycles. The van der Waals surface area contributed by atoms with Crippen LogP contribution in [0.5, 0.6) is 0 Å². The molecule has 3 nitrogen and oxygen atoms in total. The first kappa shape index (κ1) is 8.51. The van der Waals surface area contributed by atoms with E-state index in [1.165, 1.54) is 25.9 Å². The van der Waals surface area contributed by atoms with Gasteiger partial charge in [0.05, 0.1) is 6.07 Å². The van der Waals surface area contributed by atoms with E-state index in [1.807, 2.05) is 7.05 Å². The summed E-state index contributed by atoms with van der Waals surface area (Å²) in [6.45, 7) is 3.22. The lowest BCUT2D eigenvalue weighted by atomic mass is 10.3. The fourth-order valence-corrected chi connectivity index (χ4v) is 1.42. The van der Waals surface area contributed by atoms with Crippen molar-refractivity contribution < 1.29 is 0 Å². The maximum absolute atomic E-state index is 8.65. The summed E-state index contributed by atoms with van der Waals surface area (Å²) < 4.78 is 0. The average Bonchev–Trinajstić information content (AvgIpc) is 2.52. The molecule has 0 aromatic heterocycles. The number of rotatable bonds is 3. The number of likely N-dealkylation sites (tertiary alicyclic amines) is 1. The van der Waals surface area contributed by atoms with E-state index < -0.39 is 0 Å². The van der Waals surface area contributed by atoms with E-state index in [9.17, 15) is 0 Å².